The number of ether oxygens (including phenoxy) is 1. The molecule has 1 N–H and O–H groups in total. The van der Waals surface area contributed by atoms with Gasteiger partial charge < -0.3 is 9.84 Å². The molecule has 1 aliphatic heterocycles. The average Bonchev–Trinajstić information content (AvgIpc) is 2.75. The Morgan fingerprint density at radius 3 is 3.00 bits per heavy atom. The standard InChI is InChI=1S/C11H16O3/c1-2-5-6-3-8(12)9(5)10-7(6)4-14-11(10)13/h5-10,12H,2-4H2,1H3. The van der Waals surface area contributed by atoms with Crippen molar-refractivity contribution in [1.29, 1.82) is 0 Å². The number of hydrogen-bond acceptors (Lipinski definition) is 3. The zero-order valence-electron chi connectivity index (χ0n) is 8.35. The molecule has 14 heavy (non-hydrogen) atoms. The predicted octanol–water partition coefficient (Wildman–Crippen LogP) is 0.812. The lowest BCUT2D eigenvalue weighted by Crippen LogP contribution is -2.32. The number of rotatable bonds is 1. The molecule has 3 aliphatic rings. The van der Waals surface area contributed by atoms with Crippen LogP contribution in [0.25, 0.3) is 0 Å². The number of carbonyl (C=O) groups is 1. The zero-order chi connectivity index (χ0) is 9.87. The number of hydrogen-bond donors (Lipinski definition) is 1. The van der Waals surface area contributed by atoms with Gasteiger partial charge in [0.25, 0.3) is 0 Å². The first-order valence-electron chi connectivity index (χ1n) is 5.58. The molecule has 6 unspecified atom stereocenters. The SMILES string of the molecule is CCC1C2CC(O)C1C1C(=O)OCC21. The third-order valence-electron chi connectivity index (χ3n) is 4.59. The molecule has 1 heterocycles. The summed E-state index contributed by atoms with van der Waals surface area (Å²) in [6.45, 7) is 2.77. The second-order valence-corrected chi connectivity index (χ2v) is 4.94. The van der Waals surface area contributed by atoms with Gasteiger partial charge in [-0.1, -0.05) is 13.3 Å². The van der Waals surface area contributed by atoms with Crippen LogP contribution in [0.15, 0.2) is 0 Å². The zero-order valence-corrected chi connectivity index (χ0v) is 8.35. The highest BCUT2D eigenvalue weighted by molar-refractivity contribution is 5.76. The van der Waals surface area contributed by atoms with E-state index in [0.717, 1.165) is 12.8 Å². The molecule has 2 saturated carbocycles. The molecule has 6 atom stereocenters. The molecule has 2 bridgehead atoms. The van der Waals surface area contributed by atoms with Crippen LogP contribution in [-0.2, 0) is 9.53 Å². The fraction of sp³-hybridized carbons (Fsp3) is 0.909. The van der Waals surface area contributed by atoms with Gasteiger partial charge in [0.1, 0.15) is 0 Å². The van der Waals surface area contributed by atoms with E-state index in [9.17, 15) is 9.90 Å². The lowest BCUT2D eigenvalue weighted by molar-refractivity contribution is -0.144. The van der Waals surface area contributed by atoms with E-state index in [1.165, 1.54) is 0 Å². The van der Waals surface area contributed by atoms with E-state index < -0.39 is 0 Å². The summed E-state index contributed by atoms with van der Waals surface area (Å²) in [5.41, 5.74) is 0. The lowest BCUT2D eigenvalue weighted by atomic mass is 9.80. The lowest BCUT2D eigenvalue weighted by Gasteiger charge is -2.24. The van der Waals surface area contributed by atoms with Gasteiger partial charge in [-0.15, -0.1) is 0 Å². The number of cyclic esters (lactones) is 1. The van der Waals surface area contributed by atoms with E-state index in [-0.39, 0.29) is 23.9 Å². The van der Waals surface area contributed by atoms with Crippen LogP contribution >= 0.6 is 0 Å². The Morgan fingerprint density at radius 1 is 1.50 bits per heavy atom. The maximum Gasteiger partial charge on any atom is 0.309 e. The van der Waals surface area contributed by atoms with Crippen LogP contribution < -0.4 is 0 Å². The summed E-state index contributed by atoms with van der Waals surface area (Å²) in [5, 5.41) is 9.88. The van der Waals surface area contributed by atoms with Gasteiger partial charge in [0.05, 0.1) is 18.6 Å². The average molecular weight is 196 g/mol. The quantitative estimate of drug-likeness (QED) is 0.631. The van der Waals surface area contributed by atoms with Crippen LogP contribution in [0, 0.1) is 29.6 Å². The molecule has 3 rings (SSSR count). The Labute approximate surface area is 83.4 Å². The Kier molecular flexibility index (Phi) is 1.69. The summed E-state index contributed by atoms with van der Waals surface area (Å²) in [6.07, 6.45) is 1.73. The van der Waals surface area contributed by atoms with Crippen molar-refractivity contribution in [3.05, 3.63) is 0 Å². The van der Waals surface area contributed by atoms with Crippen LogP contribution in [0.5, 0.6) is 0 Å². The summed E-state index contributed by atoms with van der Waals surface area (Å²) in [7, 11) is 0. The van der Waals surface area contributed by atoms with Gasteiger partial charge in [-0.3, -0.25) is 4.79 Å². The molecular formula is C11H16O3. The van der Waals surface area contributed by atoms with Gasteiger partial charge in [0.2, 0.25) is 0 Å². The smallest absolute Gasteiger partial charge is 0.309 e. The van der Waals surface area contributed by atoms with Gasteiger partial charge in [-0.05, 0) is 18.3 Å². The number of aliphatic hydroxyl groups excluding tert-OH is 1. The van der Waals surface area contributed by atoms with Crippen molar-refractivity contribution in [2.45, 2.75) is 25.9 Å². The molecule has 3 heteroatoms. The molecule has 78 valence electrons. The van der Waals surface area contributed by atoms with E-state index in [1.54, 1.807) is 0 Å². The van der Waals surface area contributed by atoms with Crippen molar-refractivity contribution < 1.29 is 14.6 Å². The molecule has 0 radical (unpaired) electrons. The van der Waals surface area contributed by atoms with Crippen LogP contribution in [0.1, 0.15) is 19.8 Å². The summed E-state index contributed by atoms with van der Waals surface area (Å²) < 4.78 is 5.09. The second kappa shape index (κ2) is 2.72. The van der Waals surface area contributed by atoms with Crippen molar-refractivity contribution in [3.8, 4) is 0 Å². The van der Waals surface area contributed by atoms with E-state index in [4.69, 9.17) is 4.74 Å². The molecule has 3 fully saturated rings. The Balaban J connectivity index is 1.96. The number of carbonyl (C=O) groups excluding carboxylic acids is 1. The molecule has 3 nitrogen and oxygen atoms in total. The van der Waals surface area contributed by atoms with Gasteiger partial charge in [0, 0.05) is 11.8 Å². The maximum atomic E-state index is 11.5. The molecule has 0 aromatic carbocycles. The van der Waals surface area contributed by atoms with E-state index in [1.807, 2.05) is 0 Å². The van der Waals surface area contributed by atoms with Crippen molar-refractivity contribution in [2.24, 2.45) is 29.6 Å². The monoisotopic (exact) mass is 196 g/mol. The van der Waals surface area contributed by atoms with E-state index in [0.29, 0.717) is 24.4 Å². The topological polar surface area (TPSA) is 46.5 Å². The molecule has 2 aliphatic carbocycles. The number of esters is 1. The van der Waals surface area contributed by atoms with Crippen LogP contribution in [-0.4, -0.2) is 23.8 Å². The Bertz CT molecular complexity index is 276. The van der Waals surface area contributed by atoms with Crippen molar-refractivity contribution in [3.63, 3.8) is 0 Å². The maximum absolute atomic E-state index is 11.5. The molecular weight excluding hydrogens is 180 g/mol. The van der Waals surface area contributed by atoms with Crippen molar-refractivity contribution in [2.75, 3.05) is 6.61 Å². The normalized spacial score (nSPS) is 54.9. The van der Waals surface area contributed by atoms with Crippen LogP contribution in [0.4, 0.5) is 0 Å². The third-order valence-corrected chi connectivity index (χ3v) is 4.59. The first-order valence-corrected chi connectivity index (χ1v) is 5.58. The second-order valence-electron chi connectivity index (χ2n) is 4.94. The number of fused-ring (bicyclic) bond motifs is 5. The van der Waals surface area contributed by atoms with Crippen molar-refractivity contribution in [1.82, 2.24) is 0 Å². The summed E-state index contributed by atoms with van der Waals surface area (Å²) in [4.78, 5) is 11.5. The number of aliphatic hydroxyl groups is 1. The van der Waals surface area contributed by atoms with Gasteiger partial charge in [-0.25, -0.2) is 0 Å². The Hall–Kier alpha value is -0.570. The minimum atomic E-state index is -0.253. The first-order chi connectivity index (χ1) is 6.74. The minimum Gasteiger partial charge on any atom is -0.465 e. The highest BCUT2D eigenvalue weighted by atomic mass is 16.5. The third kappa shape index (κ3) is 0.842. The van der Waals surface area contributed by atoms with Gasteiger partial charge >= 0.3 is 5.97 Å². The Morgan fingerprint density at radius 2 is 2.29 bits per heavy atom. The molecule has 0 aromatic heterocycles. The van der Waals surface area contributed by atoms with Crippen LogP contribution in [0.3, 0.4) is 0 Å². The molecule has 1 saturated heterocycles. The highest BCUT2D eigenvalue weighted by Crippen LogP contribution is 2.59. The van der Waals surface area contributed by atoms with Crippen molar-refractivity contribution >= 4 is 5.97 Å². The fourth-order valence-electron chi connectivity index (χ4n) is 4.14. The van der Waals surface area contributed by atoms with E-state index >= 15 is 0 Å². The summed E-state index contributed by atoms with van der Waals surface area (Å²) in [6, 6.07) is 0. The van der Waals surface area contributed by atoms with E-state index in [2.05, 4.69) is 6.92 Å². The van der Waals surface area contributed by atoms with Crippen LogP contribution in [0.2, 0.25) is 0 Å². The summed E-state index contributed by atoms with van der Waals surface area (Å²) >= 11 is 0. The minimum absolute atomic E-state index is 0.0219. The first kappa shape index (κ1) is 8.72. The molecule has 0 amide bonds. The highest BCUT2D eigenvalue weighted by Gasteiger charge is 2.63. The van der Waals surface area contributed by atoms with Gasteiger partial charge in [-0.2, -0.15) is 0 Å². The molecule has 0 spiro atoms. The predicted molar refractivity (Wildman–Crippen MR) is 49.3 cm³/mol. The van der Waals surface area contributed by atoms with Gasteiger partial charge in [0.15, 0.2) is 0 Å². The summed E-state index contributed by atoms with van der Waals surface area (Å²) in [5.74, 6) is 1.68. The largest absolute Gasteiger partial charge is 0.465 e. The molecule has 0 aromatic rings. The fourth-order valence-corrected chi connectivity index (χ4v) is 4.14.